The summed E-state index contributed by atoms with van der Waals surface area (Å²) < 4.78 is 0. The fourth-order valence-electron chi connectivity index (χ4n) is 4.60. The van der Waals surface area contributed by atoms with Crippen molar-refractivity contribution in [3.05, 3.63) is 83.9 Å². The highest BCUT2D eigenvalue weighted by molar-refractivity contribution is 6.86. The van der Waals surface area contributed by atoms with E-state index in [4.69, 9.17) is 0 Å². The molecule has 5 aromatic rings. The summed E-state index contributed by atoms with van der Waals surface area (Å²) in [6.45, 7) is 18.8. The van der Waals surface area contributed by atoms with Gasteiger partial charge in [-0.25, -0.2) is 0 Å². The van der Waals surface area contributed by atoms with Crippen LogP contribution in [0.4, 0.5) is 0 Å². The lowest BCUT2D eigenvalue weighted by Gasteiger charge is -2.20. The third kappa shape index (κ3) is 4.80. The summed E-state index contributed by atoms with van der Waals surface area (Å²) >= 11 is 0. The van der Waals surface area contributed by atoms with Crippen molar-refractivity contribution >= 4 is 59.2 Å². The normalized spacial score (nSPS) is 12.3. The number of benzene rings is 5. The Bertz CT molecular complexity index is 1600. The predicted octanol–water partition coefficient (Wildman–Crippen LogP) is 10.3. The molecule has 2 heteroatoms. The van der Waals surface area contributed by atoms with Gasteiger partial charge < -0.3 is 0 Å². The number of rotatable bonds is 2. The highest BCUT2D eigenvalue weighted by Crippen LogP contribution is 2.37. The van der Waals surface area contributed by atoms with E-state index in [1.165, 1.54) is 43.1 Å². The summed E-state index contributed by atoms with van der Waals surface area (Å²) in [6, 6.07) is 26.8. The first-order valence-electron chi connectivity index (χ1n) is 13.9. The lowest BCUT2D eigenvalue weighted by molar-refractivity contribution is 1.03. The molecule has 0 saturated carbocycles. The Balaban J connectivity index is 2.00. The van der Waals surface area contributed by atoms with E-state index < -0.39 is 16.1 Å². The average Bonchev–Trinajstić information content (AvgIpc) is 2.88. The SMILES string of the molecule is CC(C)[Si](C)(C)C#Cc1c2cc3ccccc3cc2c(C#C[Si](C)(C)C(C)C)c2cc3ccccc3cc12. The molecule has 0 fully saturated rings. The quantitative estimate of drug-likeness (QED) is 0.122. The van der Waals surface area contributed by atoms with Gasteiger partial charge in [-0.3, -0.25) is 0 Å². The van der Waals surface area contributed by atoms with Crippen LogP contribution in [0.3, 0.4) is 0 Å². The molecule has 0 nitrogen and oxygen atoms in total. The van der Waals surface area contributed by atoms with Crippen molar-refractivity contribution in [3.8, 4) is 22.9 Å². The van der Waals surface area contributed by atoms with Crippen molar-refractivity contribution in [2.75, 3.05) is 0 Å². The lowest BCUT2D eigenvalue weighted by atomic mass is 9.89. The molecule has 0 N–H and O–H groups in total. The minimum atomic E-state index is -1.70. The molecular weight excluding hydrogens is 489 g/mol. The standard InChI is InChI=1S/C36H38Si2/c1-25(2)37(5,6)19-17-31-33-21-27-13-9-11-15-29(27)23-35(33)32(18-20-38(7,8)26(3)4)36-24-30-16-12-10-14-28(30)22-34(31)36/h9-16,21-26H,1-8H3. The Morgan fingerprint density at radius 3 is 0.974 bits per heavy atom. The fraction of sp³-hybridized carbons (Fsp3) is 0.278. The number of hydrogen-bond acceptors (Lipinski definition) is 0. The smallest absolute Gasteiger partial charge is 0.126 e. The largest absolute Gasteiger partial charge is 0.135 e. The average molecular weight is 527 g/mol. The van der Waals surface area contributed by atoms with Gasteiger partial charge in [-0.05, 0) is 78.4 Å². The van der Waals surface area contributed by atoms with Crippen LogP contribution >= 0.6 is 0 Å². The minimum absolute atomic E-state index is 0.600. The van der Waals surface area contributed by atoms with Gasteiger partial charge in [0, 0.05) is 11.1 Å². The Morgan fingerprint density at radius 1 is 0.474 bits per heavy atom. The van der Waals surface area contributed by atoms with E-state index in [-0.39, 0.29) is 0 Å². The molecule has 0 aliphatic heterocycles. The topological polar surface area (TPSA) is 0 Å². The van der Waals surface area contributed by atoms with Gasteiger partial charge >= 0.3 is 0 Å². The van der Waals surface area contributed by atoms with Gasteiger partial charge in [0.15, 0.2) is 0 Å². The van der Waals surface area contributed by atoms with Gasteiger partial charge in [-0.2, -0.15) is 0 Å². The maximum Gasteiger partial charge on any atom is 0.135 e. The zero-order chi connectivity index (χ0) is 27.2. The molecule has 0 bridgehead atoms. The zero-order valence-corrected chi connectivity index (χ0v) is 26.1. The van der Waals surface area contributed by atoms with Crippen molar-refractivity contribution in [2.45, 2.75) is 65.0 Å². The third-order valence-corrected chi connectivity index (χ3v) is 16.1. The molecular formula is C36H38Si2. The molecule has 0 spiro atoms. The molecule has 0 unspecified atom stereocenters. The summed E-state index contributed by atoms with van der Waals surface area (Å²) in [6.07, 6.45) is 0. The Kier molecular flexibility index (Phi) is 6.77. The van der Waals surface area contributed by atoms with Crippen molar-refractivity contribution in [2.24, 2.45) is 0 Å². The van der Waals surface area contributed by atoms with Crippen LogP contribution in [0.2, 0.25) is 37.3 Å². The lowest BCUT2D eigenvalue weighted by Crippen LogP contribution is -2.27. The second-order valence-corrected chi connectivity index (χ2v) is 22.2. The Morgan fingerprint density at radius 2 is 0.737 bits per heavy atom. The Labute approximate surface area is 230 Å². The molecule has 0 aliphatic rings. The van der Waals surface area contributed by atoms with Crippen molar-refractivity contribution in [3.63, 3.8) is 0 Å². The van der Waals surface area contributed by atoms with Crippen LogP contribution in [0, 0.1) is 22.9 Å². The molecule has 0 amide bonds. The highest BCUT2D eigenvalue weighted by Gasteiger charge is 2.24. The molecule has 190 valence electrons. The van der Waals surface area contributed by atoms with Crippen LogP contribution in [-0.2, 0) is 0 Å². The molecule has 0 atom stereocenters. The molecule has 38 heavy (non-hydrogen) atoms. The molecule has 0 aromatic heterocycles. The maximum absolute atomic E-state index is 3.81. The third-order valence-electron chi connectivity index (χ3n) is 8.76. The summed E-state index contributed by atoms with van der Waals surface area (Å²) in [5, 5.41) is 9.89. The fourth-order valence-corrected chi connectivity index (χ4v) is 6.07. The maximum atomic E-state index is 3.81. The van der Waals surface area contributed by atoms with Crippen LogP contribution in [0.1, 0.15) is 38.8 Å². The van der Waals surface area contributed by atoms with Gasteiger partial charge in [0.2, 0.25) is 0 Å². The van der Waals surface area contributed by atoms with E-state index in [0.29, 0.717) is 11.1 Å². The van der Waals surface area contributed by atoms with E-state index in [1.54, 1.807) is 0 Å². The number of hydrogen-bond donors (Lipinski definition) is 0. The predicted molar refractivity (Wildman–Crippen MR) is 175 cm³/mol. The molecule has 5 aromatic carbocycles. The van der Waals surface area contributed by atoms with Crippen molar-refractivity contribution in [1.29, 1.82) is 0 Å². The zero-order valence-electron chi connectivity index (χ0n) is 24.1. The van der Waals surface area contributed by atoms with Crippen molar-refractivity contribution in [1.82, 2.24) is 0 Å². The highest BCUT2D eigenvalue weighted by atomic mass is 28.3. The van der Waals surface area contributed by atoms with Gasteiger partial charge in [-0.1, -0.05) is 114 Å². The van der Waals surface area contributed by atoms with Gasteiger partial charge in [-0.15, -0.1) is 11.1 Å². The molecule has 0 aliphatic carbocycles. The van der Waals surface area contributed by atoms with E-state index >= 15 is 0 Å². The Hall–Kier alpha value is -3.31. The molecule has 5 rings (SSSR count). The summed E-state index contributed by atoms with van der Waals surface area (Å²) in [4.78, 5) is 0. The van der Waals surface area contributed by atoms with E-state index in [2.05, 4.69) is 150 Å². The minimum Gasteiger partial charge on any atom is -0.126 e. The van der Waals surface area contributed by atoms with Crippen LogP contribution in [-0.4, -0.2) is 16.1 Å². The summed E-state index contributed by atoms with van der Waals surface area (Å²) in [5.41, 5.74) is 11.1. The molecule has 0 heterocycles. The second kappa shape index (κ2) is 9.78. The monoisotopic (exact) mass is 526 g/mol. The van der Waals surface area contributed by atoms with Crippen molar-refractivity contribution < 1.29 is 0 Å². The van der Waals surface area contributed by atoms with Gasteiger partial charge in [0.1, 0.15) is 16.1 Å². The first-order valence-corrected chi connectivity index (χ1v) is 20.0. The second-order valence-electron chi connectivity index (χ2n) is 12.5. The molecule has 0 radical (unpaired) electrons. The van der Waals surface area contributed by atoms with Crippen LogP contribution in [0.15, 0.2) is 72.8 Å². The van der Waals surface area contributed by atoms with E-state index in [9.17, 15) is 0 Å². The van der Waals surface area contributed by atoms with Crippen LogP contribution in [0.5, 0.6) is 0 Å². The summed E-state index contributed by atoms with van der Waals surface area (Å²) in [5.74, 6) is 7.54. The van der Waals surface area contributed by atoms with Gasteiger partial charge in [0.25, 0.3) is 0 Å². The van der Waals surface area contributed by atoms with Crippen LogP contribution < -0.4 is 0 Å². The summed E-state index contributed by atoms with van der Waals surface area (Å²) in [7, 11) is -3.39. The van der Waals surface area contributed by atoms with E-state index in [1.807, 2.05) is 0 Å². The van der Waals surface area contributed by atoms with E-state index in [0.717, 1.165) is 11.1 Å². The first kappa shape index (κ1) is 26.3. The first-order chi connectivity index (χ1) is 18.0. The van der Waals surface area contributed by atoms with Crippen LogP contribution in [0.25, 0.3) is 43.1 Å². The van der Waals surface area contributed by atoms with Gasteiger partial charge in [0.05, 0.1) is 0 Å². The molecule has 0 saturated heterocycles. The number of fused-ring (bicyclic) bond motifs is 4.